The number of aryl methyl sites for hydroxylation is 1. The molecular weight excluding hydrogens is 326 g/mol. The summed E-state index contributed by atoms with van der Waals surface area (Å²) in [5.74, 6) is 0. The van der Waals surface area contributed by atoms with Crippen LogP contribution in [0.4, 0.5) is 11.4 Å². The minimum Gasteiger partial charge on any atom is -0.396 e. The third-order valence-corrected chi connectivity index (χ3v) is 4.07. The average Bonchev–Trinajstić information content (AvgIpc) is 2.48. The van der Waals surface area contributed by atoms with Gasteiger partial charge >= 0.3 is 0 Å². The zero-order valence-corrected chi connectivity index (χ0v) is 13.3. The molecule has 3 rings (SSSR count). The molecule has 0 radical (unpaired) electrons. The molecule has 3 nitrogen and oxygen atoms in total. The third kappa shape index (κ3) is 2.85. The van der Waals surface area contributed by atoms with Crippen molar-refractivity contribution in [3.05, 3.63) is 64.3 Å². The highest BCUT2D eigenvalue weighted by atomic mass is 79.9. The van der Waals surface area contributed by atoms with Crippen molar-refractivity contribution in [1.29, 1.82) is 0 Å². The second-order valence-corrected chi connectivity index (χ2v) is 5.95. The molecule has 0 atom stereocenters. The highest BCUT2D eigenvalue weighted by Gasteiger charge is 2.07. The van der Waals surface area contributed by atoms with Crippen LogP contribution in [0.3, 0.4) is 0 Å². The van der Waals surface area contributed by atoms with Gasteiger partial charge in [-0.2, -0.15) is 0 Å². The molecular formula is C17H16BrN3. The van der Waals surface area contributed by atoms with Crippen LogP contribution >= 0.6 is 15.9 Å². The molecule has 3 aromatic rings. The predicted octanol–water partition coefficient (Wildman–Crippen LogP) is 4.50. The lowest BCUT2D eigenvalue weighted by molar-refractivity contribution is 1.12. The second kappa shape index (κ2) is 5.74. The van der Waals surface area contributed by atoms with E-state index < -0.39 is 0 Å². The molecule has 106 valence electrons. The van der Waals surface area contributed by atoms with Crippen LogP contribution in [0, 0.1) is 6.92 Å². The minimum absolute atomic E-state index is 0.661. The molecule has 0 aliphatic heterocycles. The Kier molecular flexibility index (Phi) is 3.80. The van der Waals surface area contributed by atoms with E-state index in [2.05, 4.69) is 51.4 Å². The number of halogens is 1. The highest BCUT2D eigenvalue weighted by molar-refractivity contribution is 9.10. The van der Waals surface area contributed by atoms with Gasteiger partial charge in [-0.05, 0) is 36.2 Å². The van der Waals surface area contributed by atoms with E-state index >= 15 is 0 Å². The maximum Gasteiger partial charge on any atom is 0.0743 e. The van der Waals surface area contributed by atoms with Gasteiger partial charge < -0.3 is 11.1 Å². The van der Waals surface area contributed by atoms with Gasteiger partial charge in [0.25, 0.3) is 0 Å². The number of rotatable bonds is 3. The summed E-state index contributed by atoms with van der Waals surface area (Å²) in [6.45, 7) is 2.85. The van der Waals surface area contributed by atoms with E-state index in [1.54, 1.807) is 6.20 Å². The Bertz CT molecular complexity index is 794. The first kappa shape index (κ1) is 13.9. The van der Waals surface area contributed by atoms with E-state index in [1.807, 2.05) is 24.3 Å². The number of nitrogens with two attached hydrogens (primary N) is 1. The van der Waals surface area contributed by atoms with Gasteiger partial charge in [-0.1, -0.05) is 40.2 Å². The third-order valence-electron chi connectivity index (χ3n) is 3.58. The molecule has 1 aromatic heterocycles. The normalized spacial score (nSPS) is 10.8. The molecule has 3 N–H and O–H groups in total. The van der Waals surface area contributed by atoms with Crippen molar-refractivity contribution >= 4 is 38.2 Å². The largest absolute Gasteiger partial charge is 0.396 e. The summed E-state index contributed by atoms with van der Waals surface area (Å²) in [4.78, 5) is 4.37. The summed E-state index contributed by atoms with van der Waals surface area (Å²) in [5, 5.41) is 4.48. The number of nitrogen functional groups attached to an aromatic ring is 1. The van der Waals surface area contributed by atoms with Gasteiger partial charge in [-0.3, -0.25) is 4.98 Å². The first-order valence-corrected chi connectivity index (χ1v) is 7.56. The van der Waals surface area contributed by atoms with Gasteiger partial charge in [0.15, 0.2) is 0 Å². The number of nitrogens with zero attached hydrogens (tertiary/aromatic N) is 1. The Balaban J connectivity index is 1.98. The number of anilines is 2. The molecule has 0 saturated heterocycles. The lowest BCUT2D eigenvalue weighted by Crippen LogP contribution is -2.05. The predicted molar refractivity (Wildman–Crippen MR) is 92.4 cm³/mol. The fraction of sp³-hybridized carbons (Fsp3) is 0.118. The Morgan fingerprint density at radius 1 is 1.19 bits per heavy atom. The lowest BCUT2D eigenvalue weighted by Gasteiger charge is -2.13. The van der Waals surface area contributed by atoms with E-state index in [4.69, 9.17) is 5.73 Å². The molecule has 0 aliphatic carbocycles. The van der Waals surface area contributed by atoms with Crippen LogP contribution in [-0.2, 0) is 6.54 Å². The first-order chi connectivity index (χ1) is 10.1. The number of aromatic nitrogens is 1. The second-order valence-electron chi connectivity index (χ2n) is 5.03. The van der Waals surface area contributed by atoms with Crippen LogP contribution < -0.4 is 11.1 Å². The Labute approximate surface area is 132 Å². The number of pyridine rings is 1. The quantitative estimate of drug-likeness (QED) is 0.737. The zero-order valence-electron chi connectivity index (χ0n) is 11.7. The van der Waals surface area contributed by atoms with E-state index in [0.717, 1.165) is 27.6 Å². The molecule has 0 amide bonds. The van der Waals surface area contributed by atoms with Crippen LogP contribution in [0.5, 0.6) is 0 Å². The molecule has 0 fully saturated rings. The summed E-state index contributed by atoms with van der Waals surface area (Å²) in [6, 6.07) is 14.3. The number of nitrogens with one attached hydrogen (secondary N) is 1. The maximum absolute atomic E-state index is 6.10. The molecule has 4 heteroatoms. The smallest absolute Gasteiger partial charge is 0.0743 e. The standard InChI is InChI=1S/C17H16BrN3/c1-11-4-2-3-5-12(11)9-21-17-14-8-13(18)6-7-16(14)20-10-15(17)19/h2-8,10H,9,19H2,1H3,(H,20,21). The fourth-order valence-electron chi connectivity index (χ4n) is 2.37. The fourth-order valence-corrected chi connectivity index (χ4v) is 2.73. The van der Waals surface area contributed by atoms with Gasteiger partial charge in [-0.25, -0.2) is 0 Å². The van der Waals surface area contributed by atoms with Crippen LogP contribution in [-0.4, -0.2) is 4.98 Å². The van der Waals surface area contributed by atoms with Crippen LogP contribution in [0.2, 0.25) is 0 Å². The van der Waals surface area contributed by atoms with Crippen molar-refractivity contribution in [3.8, 4) is 0 Å². The highest BCUT2D eigenvalue weighted by Crippen LogP contribution is 2.30. The molecule has 1 heterocycles. The van der Waals surface area contributed by atoms with Crippen LogP contribution in [0.15, 0.2) is 53.1 Å². The molecule has 0 spiro atoms. The maximum atomic E-state index is 6.10. The van der Waals surface area contributed by atoms with Crippen molar-refractivity contribution < 1.29 is 0 Å². The van der Waals surface area contributed by atoms with Crippen molar-refractivity contribution in [2.45, 2.75) is 13.5 Å². The topological polar surface area (TPSA) is 50.9 Å². The Hall–Kier alpha value is -2.07. The minimum atomic E-state index is 0.661. The number of hydrogen-bond donors (Lipinski definition) is 2. The van der Waals surface area contributed by atoms with Crippen molar-refractivity contribution in [1.82, 2.24) is 4.98 Å². The van der Waals surface area contributed by atoms with Gasteiger partial charge in [0.05, 0.1) is 23.1 Å². The van der Waals surface area contributed by atoms with Gasteiger partial charge in [0, 0.05) is 16.4 Å². The average molecular weight is 342 g/mol. The van der Waals surface area contributed by atoms with Crippen molar-refractivity contribution in [3.63, 3.8) is 0 Å². The van der Waals surface area contributed by atoms with Gasteiger partial charge in [0.1, 0.15) is 0 Å². The zero-order chi connectivity index (χ0) is 14.8. The molecule has 2 aromatic carbocycles. The summed E-state index contributed by atoms with van der Waals surface area (Å²) in [7, 11) is 0. The molecule has 0 saturated carbocycles. The SMILES string of the molecule is Cc1ccccc1CNc1c(N)cnc2ccc(Br)cc12. The van der Waals surface area contributed by atoms with Crippen LogP contribution in [0.25, 0.3) is 10.9 Å². The van der Waals surface area contributed by atoms with Gasteiger partial charge in [-0.15, -0.1) is 0 Å². The molecule has 0 unspecified atom stereocenters. The van der Waals surface area contributed by atoms with E-state index in [1.165, 1.54) is 11.1 Å². The van der Waals surface area contributed by atoms with Crippen molar-refractivity contribution in [2.24, 2.45) is 0 Å². The molecule has 21 heavy (non-hydrogen) atoms. The van der Waals surface area contributed by atoms with E-state index in [9.17, 15) is 0 Å². The lowest BCUT2D eigenvalue weighted by atomic mass is 10.1. The first-order valence-electron chi connectivity index (χ1n) is 6.77. The summed E-state index contributed by atoms with van der Waals surface area (Å²) < 4.78 is 1.02. The van der Waals surface area contributed by atoms with E-state index in [-0.39, 0.29) is 0 Å². The molecule has 0 aliphatic rings. The Morgan fingerprint density at radius 2 is 2.00 bits per heavy atom. The summed E-state index contributed by atoms with van der Waals surface area (Å²) in [6.07, 6.45) is 1.70. The van der Waals surface area contributed by atoms with E-state index in [0.29, 0.717) is 5.69 Å². The Morgan fingerprint density at radius 3 is 2.81 bits per heavy atom. The monoisotopic (exact) mass is 341 g/mol. The van der Waals surface area contributed by atoms with Crippen molar-refractivity contribution in [2.75, 3.05) is 11.1 Å². The summed E-state index contributed by atoms with van der Waals surface area (Å²) >= 11 is 3.50. The van der Waals surface area contributed by atoms with Crippen LogP contribution in [0.1, 0.15) is 11.1 Å². The van der Waals surface area contributed by atoms with Gasteiger partial charge in [0.2, 0.25) is 0 Å². The number of hydrogen-bond acceptors (Lipinski definition) is 3. The molecule has 0 bridgehead atoms. The number of benzene rings is 2. The number of fused-ring (bicyclic) bond motifs is 1. The summed E-state index contributed by atoms with van der Waals surface area (Å²) in [5.41, 5.74) is 11.2.